The molecule has 0 unspecified atom stereocenters. The van der Waals surface area contributed by atoms with Crippen LogP contribution in [-0.4, -0.2) is 14.5 Å². The highest BCUT2D eigenvalue weighted by atomic mass is 32.2. The van der Waals surface area contributed by atoms with Gasteiger partial charge in [0.2, 0.25) is 0 Å². The summed E-state index contributed by atoms with van der Waals surface area (Å²) in [5.74, 6) is -0.442. The van der Waals surface area contributed by atoms with Crippen molar-refractivity contribution in [2.45, 2.75) is 31.7 Å². The van der Waals surface area contributed by atoms with Crippen LogP contribution in [0.5, 0.6) is 0 Å². The summed E-state index contributed by atoms with van der Waals surface area (Å²) >= 11 is 0. The highest BCUT2D eigenvalue weighted by Gasteiger charge is 2.28. The second-order valence-corrected chi connectivity index (χ2v) is 6.92. The standard InChI is InChI=1S/C16H18FNO2S/c1-12(2)18(15-7-5-4-6-8-15)21(19,20)16-10-9-14(17)11-13(16)3/h4-12H,1-3H3. The molecule has 112 valence electrons. The molecule has 0 N–H and O–H groups in total. The maximum absolute atomic E-state index is 13.2. The van der Waals surface area contributed by atoms with Crippen LogP contribution in [0.25, 0.3) is 0 Å². The molecule has 0 radical (unpaired) electrons. The summed E-state index contributed by atoms with van der Waals surface area (Å²) in [6.07, 6.45) is 0. The third kappa shape index (κ3) is 3.08. The minimum atomic E-state index is -3.73. The van der Waals surface area contributed by atoms with Gasteiger partial charge < -0.3 is 0 Å². The average molecular weight is 307 g/mol. The number of rotatable bonds is 4. The maximum Gasteiger partial charge on any atom is 0.264 e. The van der Waals surface area contributed by atoms with Crippen LogP contribution in [-0.2, 0) is 10.0 Å². The first-order chi connectivity index (χ1) is 9.84. The molecule has 2 rings (SSSR count). The lowest BCUT2D eigenvalue weighted by Crippen LogP contribution is -2.37. The molecular weight excluding hydrogens is 289 g/mol. The average Bonchev–Trinajstić information content (AvgIpc) is 2.38. The van der Waals surface area contributed by atoms with Crippen LogP contribution in [0.2, 0.25) is 0 Å². The van der Waals surface area contributed by atoms with Gasteiger partial charge in [0.25, 0.3) is 10.0 Å². The van der Waals surface area contributed by atoms with Crippen molar-refractivity contribution in [1.82, 2.24) is 0 Å². The quantitative estimate of drug-likeness (QED) is 0.863. The molecule has 0 aliphatic heterocycles. The molecule has 5 heteroatoms. The number of hydrogen-bond donors (Lipinski definition) is 0. The molecule has 21 heavy (non-hydrogen) atoms. The third-order valence-electron chi connectivity index (χ3n) is 3.15. The Labute approximate surface area is 125 Å². The summed E-state index contributed by atoms with van der Waals surface area (Å²) in [7, 11) is -3.73. The van der Waals surface area contributed by atoms with Crippen molar-refractivity contribution in [3.8, 4) is 0 Å². The van der Waals surface area contributed by atoms with Crippen molar-refractivity contribution in [3.63, 3.8) is 0 Å². The molecule has 0 saturated carbocycles. The maximum atomic E-state index is 13.2. The van der Waals surface area contributed by atoms with Gasteiger partial charge in [-0.15, -0.1) is 0 Å². The molecule has 0 atom stereocenters. The van der Waals surface area contributed by atoms with E-state index in [-0.39, 0.29) is 10.9 Å². The van der Waals surface area contributed by atoms with Gasteiger partial charge in [-0.2, -0.15) is 0 Å². The van der Waals surface area contributed by atoms with E-state index in [1.165, 1.54) is 22.5 Å². The van der Waals surface area contributed by atoms with Crippen LogP contribution in [0.1, 0.15) is 19.4 Å². The lowest BCUT2D eigenvalue weighted by Gasteiger charge is -2.28. The van der Waals surface area contributed by atoms with Gasteiger partial charge in [-0.3, -0.25) is 4.31 Å². The Hall–Kier alpha value is -1.88. The molecule has 2 aromatic rings. The number of para-hydroxylation sites is 1. The number of nitrogens with zero attached hydrogens (tertiary/aromatic N) is 1. The van der Waals surface area contributed by atoms with Gasteiger partial charge in [0.15, 0.2) is 0 Å². The van der Waals surface area contributed by atoms with Gasteiger partial charge in [-0.05, 0) is 56.7 Å². The Balaban J connectivity index is 2.59. The Morgan fingerprint density at radius 1 is 1.05 bits per heavy atom. The molecule has 0 spiro atoms. The van der Waals surface area contributed by atoms with Crippen molar-refractivity contribution in [2.24, 2.45) is 0 Å². The van der Waals surface area contributed by atoms with E-state index >= 15 is 0 Å². The molecule has 0 saturated heterocycles. The summed E-state index contributed by atoms with van der Waals surface area (Å²) in [5.41, 5.74) is 0.993. The monoisotopic (exact) mass is 307 g/mol. The highest BCUT2D eigenvalue weighted by Crippen LogP contribution is 2.27. The number of halogens is 1. The Bertz CT molecular complexity index is 727. The summed E-state index contributed by atoms with van der Waals surface area (Å²) in [6.45, 7) is 5.21. The van der Waals surface area contributed by atoms with Gasteiger partial charge in [-0.25, -0.2) is 12.8 Å². The normalized spacial score (nSPS) is 11.7. The molecule has 2 aromatic carbocycles. The summed E-state index contributed by atoms with van der Waals surface area (Å²) < 4.78 is 40.4. The topological polar surface area (TPSA) is 37.4 Å². The van der Waals surface area contributed by atoms with E-state index in [1.807, 2.05) is 19.9 Å². The molecule has 3 nitrogen and oxygen atoms in total. The molecule has 0 heterocycles. The summed E-state index contributed by atoms with van der Waals surface area (Å²) in [5, 5.41) is 0. The van der Waals surface area contributed by atoms with Crippen LogP contribution in [0.3, 0.4) is 0 Å². The predicted octanol–water partition coefficient (Wildman–Crippen LogP) is 3.74. The van der Waals surface area contributed by atoms with Gasteiger partial charge in [0.1, 0.15) is 5.82 Å². The molecule has 0 aliphatic carbocycles. The minimum Gasteiger partial charge on any atom is -0.264 e. The number of sulfonamides is 1. The summed E-state index contributed by atoms with van der Waals surface area (Å²) in [4.78, 5) is 0.126. The van der Waals surface area contributed by atoms with E-state index in [1.54, 1.807) is 31.2 Å². The Morgan fingerprint density at radius 3 is 2.19 bits per heavy atom. The van der Waals surface area contributed by atoms with E-state index in [4.69, 9.17) is 0 Å². The smallest absolute Gasteiger partial charge is 0.264 e. The van der Waals surface area contributed by atoms with Gasteiger partial charge in [0, 0.05) is 6.04 Å². The number of hydrogen-bond acceptors (Lipinski definition) is 2. The zero-order chi connectivity index (χ0) is 15.6. The molecule has 0 aromatic heterocycles. The summed E-state index contributed by atoms with van der Waals surface area (Å²) in [6, 6.07) is 12.4. The zero-order valence-electron chi connectivity index (χ0n) is 12.2. The van der Waals surface area contributed by atoms with Crippen LogP contribution in [0, 0.1) is 12.7 Å². The molecule has 0 bridgehead atoms. The zero-order valence-corrected chi connectivity index (χ0v) is 13.1. The van der Waals surface area contributed by atoms with Gasteiger partial charge in [-0.1, -0.05) is 18.2 Å². The van der Waals surface area contributed by atoms with E-state index < -0.39 is 15.8 Å². The predicted molar refractivity (Wildman–Crippen MR) is 82.4 cm³/mol. The second kappa shape index (κ2) is 5.85. The Morgan fingerprint density at radius 2 is 1.67 bits per heavy atom. The van der Waals surface area contributed by atoms with Gasteiger partial charge in [0.05, 0.1) is 10.6 Å². The first-order valence-electron chi connectivity index (χ1n) is 6.69. The first kappa shape index (κ1) is 15.5. The third-order valence-corrected chi connectivity index (χ3v) is 5.32. The first-order valence-corrected chi connectivity index (χ1v) is 8.13. The molecule has 0 amide bonds. The van der Waals surface area contributed by atoms with E-state index in [0.717, 1.165) is 0 Å². The number of benzene rings is 2. The van der Waals surface area contributed by atoms with Crippen molar-refractivity contribution < 1.29 is 12.8 Å². The number of aryl methyl sites for hydroxylation is 1. The van der Waals surface area contributed by atoms with Gasteiger partial charge >= 0.3 is 0 Å². The highest BCUT2D eigenvalue weighted by molar-refractivity contribution is 7.93. The van der Waals surface area contributed by atoms with Crippen molar-refractivity contribution in [2.75, 3.05) is 4.31 Å². The minimum absolute atomic E-state index is 0.126. The molecule has 0 aliphatic rings. The fourth-order valence-electron chi connectivity index (χ4n) is 2.30. The number of anilines is 1. The molecule has 0 fully saturated rings. The van der Waals surface area contributed by atoms with E-state index in [9.17, 15) is 12.8 Å². The van der Waals surface area contributed by atoms with Crippen LogP contribution in [0.15, 0.2) is 53.4 Å². The van der Waals surface area contributed by atoms with Crippen LogP contribution < -0.4 is 4.31 Å². The largest absolute Gasteiger partial charge is 0.264 e. The second-order valence-electron chi connectivity index (χ2n) is 5.14. The lowest BCUT2D eigenvalue weighted by molar-refractivity contribution is 0.582. The fraction of sp³-hybridized carbons (Fsp3) is 0.250. The van der Waals surface area contributed by atoms with Crippen molar-refractivity contribution in [1.29, 1.82) is 0 Å². The van der Waals surface area contributed by atoms with Crippen molar-refractivity contribution in [3.05, 3.63) is 59.9 Å². The molecular formula is C16H18FNO2S. The van der Waals surface area contributed by atoms with Crippen LogP contribution >= 0.6 is 0 Å². The fourth-order valence-corrected chi connectivity index (χ4v) is 4.17. The SMILES string of the molecule is Cc1cc(F)ccc1S(=O)(=O)N(c1ccccc1)C(C)C. The Kier molecular flexibility index (Phi) is 4.32. The lowest BCUT2D eigenvalue weighted by atomic mass is 10.2. The van der Waals surface area contributed by atoms with Crippen molar-refractivity contribution >= 4 is 15.7 Å². The van der Waals surface area contributed by atoms with Crippen LogP contribution in [0.4, 0.5) is 10.1 Å². The van der Waals surface area contributed by atoms with E-state index in [2.05, 4.69) is 0 Å². The van der Waals surface area contributed by atoms with E-state index in [0.29, 0.717) is 11.3 Å².